The molecule has 25 heavy (non-hydrogen) atoms. The summed E-state index contributed by atoms with van der Waals surface area (Å²) in [5.41, 5.74) is -5.65. The first-order valence-corrected chi connectivity index (χ1v) is 11.0. The molecule has 3 aromatic rings. The number of halogens is 3. The lowest BCUT2D eigenvalue weighted by atomic mass is 10.4. The van der Waals surface area contributed by atoms with Crippen LogP contribution in [0.3, 0.4) is 0 Å². The summed E-state index contributed by atoms with van der Waals surface area (Å²) in [5, 5.41) is 4.32. The molecular formula is C15H11F3O3S4. The van der Waals surface area contributed by atoms with E-state index in [0.29, 0.717) is 0 Å². The van der Waals surface area contributed by atoms with Crippen LogP contribution in [0.15, 0.2) is 78.7 Å². The molecule has 0 N–H and O–H groups in total. The standard InChI is InChI=1S/C14H11S3.CHF3O3S/c1-2-6-12(7-3-1)17(13-8-4-10-15-13)14-9-5-11-16-14;2-1(3,4)8(5,6)7/h1-11H;(H,5,6,7)/q+1;/p-1. The Bertz CT molecular complexity index is 824. The second-order valence-corrected chi connectivity index (χ2v) is 10.1. The van der Waals surface area contributed by atoms with Crippen molar-refractivity contribution < 1.29 is 26.1 Å². The SMILES string of the molecule is O=S(=O)([O-])C(F)(F)F.c1ccc([S+](c2cccs2)c2cccs2)cc1. The summed E-state index contributed by atoms with van der Waals surface area (Å²) in [4.78, 5) is 1.40. The Balaban J connectivity index is 0.000000242. The third-order valence-corrected chi connectivity index (χ3v) is 7.94. The average Bonchev–Trinajstić information content (AvgIpc) is 3.21. The van der Waals surface area contributed by atoms with Crippen molar-refractivity contribution in [3.8, 4) is 0 Å². The van der Waals surface area contributed by atoms with E-state index in [1.54, 1.807) is 0 Å². The van der Waals surface area contributed by atoms with Crippen LogP contribution in [0.1, 0.15) is 0 Å². The maximum atomic E-state index is 10.7. The Kier molecular flexibility index (Phi) is 6.69. The molecule has 10 heteroatoms. The van der Waals surface area contributed by atoms with E-state index >= 15 is 0 Å². The van der Waals surface area contributed by atoms with E-state index in [9.17, 15) is 13.2 Å². The van der Waals surface area contributed by atoms with Crippen LogP contribution in [0.25, 0.3) is 0 Å². The highest BCUT2D eigenvalue weighted by molar-refractivity contribution is 8.00. The van der Waals surface area contributed by atoms with E-state index in [-0.39, 0.29) is 10.9 Å². The van der Waals surface area contributed by atoms with Gasteiger partial charge in [-0.05, 0) is 35.0 Å². The summed E-state index contributed by atoms with van der Waals surface area (Å²) in [6, 6.07) is 19.5. The largest absolute Gasteiger partial charge is 0.741 e. The highest BCUT2D eigenvalue weighted by atomic mass is 32.2. The molecule has 0 saturated heterocycles. The molecule has 0 aliphatic rings. The van der Waals surface area contributed by atoms with Crippen LogP contribution in [0, 0.1) is 0 Å². The van der Waals surface area contributed by atoms with Crippen molar-refractivity contribution in [1.82, 2.24) is 0 Å². The van der Waals surface area contributed by atoms with Crippen LogP contribution < -0.4 is 0 Å². The van der Waals surface area contributed by atoms with Crippen molar-refractivity contribution >= 4 is 43.7 Å². The van der Waals surface area contributed by atoms with Crippen molar-refractivity contribution in [2.75, 3.05) is 0 Å². The van der Waals surface area contributed by atoms with E-state index in [0.717, 1.165) is 0 Å². The van der Waals surface area contributed by atoms with E-state index in [4.69, 9.17) is 13.0 Å². The molecule has 0 saturated carbocycles. The smallest absolute Gasteiger partial charge is 0.485 e. The highest BCUT2D eigenvalue weighted by Crippen LogP contribution is 2.35. The zero-order valence-electron chi connectivity index (χ0n) is 12.3. The van der Waals surface area contributed by atoms with Gasteiger partial charge in [0.2, 0.25) is 8.42 Å². The summed E-state index contributed by atoms with van der Waals surface area (Å²) < 4.78 is 61.8. The Morgan fingerprint density at radius 3 is 1.60 bits per heavy atom. The van der Waals surface area contributed by atoms with Gasteiger partial charge in [-0.3, -0.25) is 0 Å². The molecular weight excluding hydrogens is 413 g/mol. The van der Waals surface area contributed by atoms with Gasteiger partial charge < -0.3 is 4.55 Å². The van der Waals surface area contributed by atoms with Crippen LogP contribution in [0.2, 0.25) is 0 Å². The molecule has 3 rings (SSSR count). The number of alkyl halides is 3. The first-order valence-electron chi connectivity index (χ1n) is 6.58. The van der Waals surface area contributed by atoms with Crippen LogP contribution in [0.4, 0.5) is 13.2 Å². The second kappa shape index (κ2) is 8.37. The monoisotopic (exact) mass is 424 g/mol. The molecule has 1 aromatic carbocycles. The fraction of sp³-hybridized carbons (Fsp3) is 0.0667. The van der Waals surface area contributed by atoms with Gasteiger partial charge in [-0.25, -0.2) is 8.42 Å². The number of hydrogen-bond acceptors (Lipinski definition) is 5. The van der Waals surface area contributed by atoms with Gasteiger partial charge in [0.05, 0.1) is 0 Å². The maximum absolute atomic E-state index is 10.7. The lowest BCUT2D eigenvalue weighted by Gasteiger charge is -2.08. The van der Waals surface area contributed by atoms with Crippen molar-refractivity contribution in [3.63, 3.8) is 0 Å². The average molecular weight is 425 g/mol. The Morgan fingerprint density at radius 1 is 0.840 bits per heavy atom. The van der Waals surface area contributed by atoms with E-state index in [1.165, 1.54) is 13.3 Å². The van der Waals surface area contributed by atoms with Gasteiger partial charge in [-0.2, -0.15) is 13.2 Å². The van der Waals surface area contributed by atoms with Crippen LogP contribution in [-0.2, 0) is 21.0 Å². The molecule has 0 bridgehead atoms. The third kappa shape index (κ3) is 5.58. The zero-order valence-corrected chi connectivity index (χ0v) is 15.6. The second-order valence-electron chi connectivity index (χ2n) is 4.38. The van der Waals surface area contributed by atoms with Crippen LogP contribution in [-0.4, -0.2) is 18.5 Å². The molecule has 3 nitrogen and oxygen atoms in total. The van der Waals surface area contributed by atoms with E-state index in [2.05, 4.69) is 65.4 Å². The molecule has 0 radical (unpaired) electrons. The first kappa shape index (κ1) is 20.0. The zero-order chi connectivity index (χ0) is 18.5. The van der Waals surface area contributed by atoms with Crippen molar-refractivity contribution in [3.05, 3.63) is 65.4 Å². The lowest BCUT2D eigenvalue weighted by molar-refractivity contribution is -0.0517. The quantitative estimate of drug-likeness (QED) is 0.339. The molecule has 0 amide bonds. The first-order chi connectivity index (χ1) is 11.7. The molecule has 0 unspecified atom stereocenters. The van der Waals surface area contributed by atoms with E-state index < -0.39 is 15.6 Å². The minimum atomic E-state index is -6.09. The normalized spacial score (nSPS) is 11.9. The van der Waals surface area contributed by atoms with Crippen molar-refractivity contribution in [2.24, 2.45) is 0 Å². The van der Waals surface area contributed by atoms with Gasteiger partial charge in [0.15, 0.2) is 15.0 Å². The van der Waals surface area contributed by atoms with E-state index in [1.807, 2.05) is 22.7 Å². The lowest BCUT2D eigenvalue weighted by Crippen LogP contribution is -2.21. The highest BCUT2D eigenvalue weighted by Gasteiger charge is 2.37. The summed E-state index contributed by atoms with van der Waals surface area (Å²) >= 11 is 3.69. The Morgan fingerprint density at radius 2 is 1.28 bits per heavy atom. The van der Waals surface area contributed by atoms with Gasteiger partial charge in [0.25, 0.3) is 0 Å². The van der Waals surface area contributed by atoms with Crippen LogP contribution in [0.5, 0.6) is 0 Å². The fourth-order valence-corrected chi connectivity index (χ4v) is 6.44. The predicted octanol–water partition coefficient (Wildman–Crippen LogP) is 4.96. The van der Waals surface area contributed by atoms with Gasteiger partial charge in [0.1, 0.15) is 10.9 Å². The molecule has 0 aliphatic heterocycles. The van der Waals surface area contributed by atoms with Crippen molar-refractivity contribution in [2.45, 2.75) is 18.8 Å². The maximum Gasteiger partial charge on any atom is 0.485 e. The minimum absolute atomic E-state index is 0.0846. The Hall–Kier alpha value is -1.33. The fourth-order valence-electron chi connectivity index (χ4n) is 1.65. The molecule has 0 fully saturated rings. The Labute approximate surface area is 153 Å². The summed E-state index contributed by atoms with van der Waals surface area (Å²) in [7, 11) is -6.01. The molecule has 2 aromatic heterocycles. The predicted molar refractivity (Wildman–Crippen MR) is 93.0 cm³/mol. The van der Waals surface area contributed by atoms with Gasteiger partial charge >= 0.3 is 5.51 Å². The number of hydrogen-bond donors (Lipinski definition) is 0. The molecule has 0 spiro atoms. The molecule has 2 heterocycles. The van der Waals surface area contributed by atoms with Crippen molar-refractivity contribution in [1.29, 1.82) is 0 Å². The van der Waals surface area contributed by atoms with Gasteiger partial charge in [-0.1, -0.05) is 40.9 Å². The summed E-state index contributed by atoms with van der Waals surface area (Å²) in [6.45, 7) is 0. The van der Waals surface area contributed by atoms with Crippen LogP contribution >= 0.6 is 22.7 Å². The number of thiophene rings is 2. The topological polar surface area (TPSA) is 57.2 Å². The summed E-state index contributed by atoms with van der Waals surface area (Å²) in [5.74, 6) is 0. The van der Waals surface area contributed by atoms with Gasteiger partial charge in [0, 0.05) is 12.1 Å². The summed E-state index contributed by atoms with van der Waals surface area (Å²) in [6.07, 6.45) is 0. The minimum Gasteiger partial charge on any atom is -0.741 e. The molecule has 0 aliphatic carbocycles. The number of benzene rings is 1. The molecule has 0 atom stereocenters. The third-order valence-electron chi connectivity index (χ3n) is 2.65. The van der Waals surface area contributed by atoms with Gasteiger partial charge in [-0.15, -0.1) is 0 Å². The molecule has 134 valence electrons. The number of rotatable bonds is 3.